The van der Waals surface area contributed by atoms with Crippen LogP contribution in [0.4, 0.5) is 5.69 Å². The first-order chi connectivity index (χ1) is 13.4. The molecular formula is C19H16N6O2S. The number of sulfonamides is 1. The molecule has 2 aromatic heterocycles. The summed E-state index contributed by atoms with van der Waals surface area (Å²) in [7, 11) is -3.38. The first kappa shape index (κ1) is 16.8. The number of benzene rings is 2. The highest BCUT2D eigenvalue weighted by Crippen LogP contribution is 2.40. The lowest BCUT2D eigenvalue weighted by molar-refractivity contribution is 0.607. The molecule has 1 fully saturated rings. The van der Waals surface area contributed by atoms with Crippen molar-refractivity contribution in [3.63, 3.8) is 0 Å². The van der Waals surface area contributed by atoms with Crippen molar-refractivity contribution in [2.45, 2.75) is 18.9 Å². The van der Waals surface area contributed by atoms with Gasteiger partial charge in [0.1, 0.15) is 6.33 Å². The number of hydrogen-bond donors (Lipinski definition) is 1. The van der Waals surface area contributed by atoms with E-state index >= 15 is 0 Å². The van der Waals surface area contributed by atoms with Gasteiger partial charge in [0, 0.05) is 6.04 Å². The van der Waals surface area contributed by atoms with Crippen LogP contribution in [-0.2, 0) is 10.0 Å². The van der Waals surface area contributed by atoms with E-state index in [-0.39, 0.29) is 0 Å². The highest BCUT2D eigenvalue weighted by atomic mass is 32.2. The largest absolute Gasteiger partial charge is 0.306 e. The second-order valence-electron chi connectivity index (χ2n) is 7.02. The number of nitrogens with zero attached hydrogens (tertiary/aromatic N) is 5. The van der Waals surface area contributed by atoms with Gasteiger partial charge < -0.3 is 4.57 Å². The zero-order valence-electron chi connectivity index (χ0n) is 15.0. The molecule has 2 heterocycles. The van der Waals surface area contributed by atoms with E-state index in [4.69, 9.17) is 4.98 Å². The van der Waals surface area contributed by atoms with E-state index in [1.807, 2.05) is 16.7 Å². The average molecular weight is 392 g/mol. The summed E-state index contributed by atoms with van der Waals surface area (Å²) in [6.45, 7) is 0. The first-order valence-corrected chi connectivity index (χ1v) is 10.7. The molecule has 0 atom stereocenters. The summed E-state index contributed by atoms with van der Waals surface area (Å²) in [6.07, 6.45) is 4.93. The molecule has 0 aliphatic heterocycles. The van der Waals surface area contributed by atoms with Gasteiger partial charge in [0.25, 0.3) is 0 Å². The smallest absolute Gasteiger partial charge is 0.229 e. The fourth-order valence-electron chi connectivity index (χ4n) is 3.46. The maximum atomic E-state index is 11.6. The maximum absolute atomic E-state index is 11.6. The molecule has 0 radical (unpaired) electrons. The van der Waals surface area contributed by atoms with E-state index in [0.717, 1.165) is 41.2 Å². The van der Waals surface area contributed by atoms with Crippen molar-refractivity contribution in [3.8, 4) is 12.0 Å². The van der Waals surface area contributed by atoms with Gasteiger partial charge in [0.05, 0.1) is 45.6 Å². The van der Waals surface area contributed by atoms with Crippen LogP contribution < -0.4 is 4.72 Å². The third-order valence-corrected chi connectivity index (χ3v) is 5.38. The zero-order chi connectivity index (χ0) is 19.5. The number of nitrogens with one attached hydrogen (secondary N) is 1. The number of imidazole rings is 2. The van der Waals surface area contributed by atoms with Gasteiger partial charge >= 0.3 is 0 Å². The lowest BCUT2D eigenvalue weighted by Crippen LogP contribution is -2.09. The second-order valence-corrected chi connectivity index (χ2v) is 8.77. The highest BCUT2D eigenvalue weighted by molar-refractivity contribution is 7.92. The molecule has 8 nitrogen and oxygen atoms in total. The second kappa shape index (κ2) is 5.81. The SMILES string of the molecule is CS(=O)(=O)Nc1ccc2ncn(-c3nc4ccc(C#N)cc4n3C3CC3)c2c1. The van der Waals surface area contributed by atoms with Gasteiger partial charge in [0.15, 0.2) is 0 Å². The van der Waals surface area contributed by atoms with Crippen molar-refractivity contribution in [2.24, 2.45) is 0 Å². The van der Waals surface area contributed by atoms with Crippen molar-refractivity contribution in [1.82, 2.24) is 19.1 Å². The first-order valence-electron chi connectivity index (χ1n) is 8.80. The molecule has 0 amide bonds. The lowest BCUT2D eigenvalue weighted by Gasteiger charge is -2.10. The molecule has 1 saturated carbocycles. The van der Waals surface area contributed by atoms with E-state index in [1.165, 1.54) is 0 Å². The van der Waals surface area contributed by atoms with E-state index in [9.17, 15) is 13.7 Å². The number of hydrogen-bond acceptors (Lipinski definition) is 5. The van der Waals surface area contributed by atoms with Crippen molar-refractivity contribution >= 4 is 37.8 Å². The third-order valence-electron chi connectivity index (χ3n) is 4.78. The van der Waals surface area contributed by atoms with Crippen molar-refractivity contribution < 1.29 is 8.42 Å². The Bertz CT molecular complexity index is 1390. The Morgan fingerprint density at radius 2 is 1.93 bits per heavy atom. The van der Waals surface area contributed by atoms with Gasteiger partial charge in [-0.25, -0.2) is 18.4 Å². The monoisotopic (exact) mass is 392 g/mol. The molecule has 1 aliphatic rings. The van der Waals surface area contributed by atoms with Crippen molar-refractivity contribution in [3.05, 3.63) is 48.3 Å². The number of rotatable bonds is 4. The van der Waals surface area contributed by atoms with Crippen LogP contribution in [0.25, 0.3) is 28.0 Å². The summed E-state index contributed by atoms with van der Waals surface area (Å²) in [5, 5.41) is 9.25. The molecule has 4 aromatic rings. The summed E-state index contributed by atoms with van der Waals surface area (Å²) in [5.41, 5.74) is 4.29. The van der Waals surface area contributed by atoms with Crippen molar-refractivity contribution in [1.29, 1.82) is 5.26 Å². The molecule has 28 heavy (non-hydrogen) atoms. The van der Waals surface area contributed by atoms with Gasteiger partial charge in [-0.2, -0.15) is 5.26 Å². The summed E-state index contributed by atoms with van der Waals surface area (Å²) in [5.74, 6) is 0.714. The van der Waals surface area contributed by atoms with Crippen LogP contribution in [0.2, 0.25) is 0 Å². The molecule has 5 rings (SSSR count). The van der Waals surface area contributed by atoms with Gasteiger partial charge in [-0.15, -0.1) is 0 Å². The third kappa shape index (κ3) is 2.78. The van der Waals surface area contributed by atoms with E-state index in [2.05, 4.69) is 20.3 Å². The standard InChI is InChI=1S/C19H16N6O2S/c1-28(26,27)23-13-3-7-15-17(9-13)24(11-21-15)19-22-16-6-2-12(10-20)8-18(16)25(19)14-4-5-14/h2-3,6-9,11,14,23H,4-5H2,1H3. The average Bonchev–Trinajstić information content (AvgIpc) is 3.29. The summed E-state index contributed by atoms with van der Waals surface area (Å²) >= 11 is 0. The van der Waals surface area contributed by atoms with Crippen LogP contribution in [0, 0.1) is 11.3 Å². The van der Waals surface area contributed by atoms with Gasteiger partial charge in [-0.1, -0.05) is 0 Å². The van der Waals surface area contributed by atoms with Crippen LogP contribution >= 0.6 is 0 Å². The Hall–Kier alpha value is -3.38. The number of fused-ring (bicyclic) bond motifs is 2. The van der Waals surface area contributed by atoms with Gasteiger partial charge in [-0.05, 0) is 49.2 Å². The quantitative estimate of drug-likeness (QED) is 0.575. The topological polar surface area (TPSA) is 106 Å². The zero-order valence-corrected chi connectivity index (χ0v) is 15.8. The molecule has 140 valence electrons. The summed E-state index contributed by atoms with van der Waals surface area (Å²) < 4.78 is 29.7. The Balaban J connectivity index is 1.74. The Morgan fingerprint density at radius 1 is 1.14 bits per heavy atom. The molecule has 0 bridgehead atoms. The highest BCUT2D eigenvalue weighted by Gasteiger charge is 2.29. The normalized spacial score (nSPS) is 14.4. The Labute approximate surface area is 161 Å². The van der Waals surface area contributed by atoms with E-state index in [0.29, 0.717) is 23.2 Å². The molecule has 1 aliphatic carbocycles. The summed E-state index contributed by atoms with van der Waals surface area (Å²) in [4.78, 5) is 9.22. The minimum Gasteiger partial charge on any atom is -0.306 e. The van der Waals surface area contributed by atoms with E-state index in [1.54, 1.807) is 30.6 Å². The van der Waals surface area contributed by atoms with E-state index < -0.39 is 10.0 Å². The van der Waals surface area contributed by atoms with Crippen LogP contribution in [0.1, 0.15) is 24.4 Å². The molecular weight excluding hydrogens is 376 g/mol. The van der Waals surface area contributed by atoms with Crippen LogP contribution in [0.3, 0.4) is 0 Å². The molecule has 1 N–H and O–H groups in total. The predicted octanol–water partition coefficient (Wildman–Crippen LogP) is 2.95. The number of nitriles is 1. The molecule has 9 heteroatoms. The predicted molar refractivity (Wildman–Crippen MR) is 106 cm³/mol. The van der Waals surface area contributed by atoms with Gasteiger partial charge in [0.2, 0.25) is 16.0 Å². The Morgan fingerprint density at radius 3 is 2.64 bits per heavy atom. The molecule has 0 spiro atoms. The summed E-state index contributed by atoms with van der Waals surface area (Å²) in [6, 6.07) is 13.2. The fourth-order valence-corrected chi connectivity index (χ4v) is 4.01. The molecule has 0 saturated heterocycles. The number of anilines is 1. The van der Waals surface area contributed by atoms with Gasteiger partial charge in [-0.3, -0.25) is 9.29 Å². The maximum Gasteiger partial charge on any atom is 0.229 e. The van der Waals surface area contributed by atoms with Crippen LogP contribution in [0.15, 0.2) is 42.7 Å². The van der Waals surface area contributed by atoms with Crippen molar-refractivity contribution in [2.75, 3.05) is 11.0 Å². The van der Waals surface area contributed by atoms with Crippen LogP contribution in [-0.4, -0.2) is 33.8 Å². The molecule has 2 aromatic carbocycles. The molecule has 0 unspecified atom stereocenters. The van der Waals surface area contributed by atoms with Crippen LogP contribution in [0.5, 0.6) is 0 Å². The minimum absolute atomic E-state index is 0.337. The minimum atomic E-state index is -3.38. The number of aromatic nitrogens is 4. The Kier molecular flexibility index (Phi) is 3.48. The fraction of sp³-hybridized carbons (Fsp3) is 0.211. The lowest BCUT2D eigenvalue weighted by atomic mass is 10.2.